The van der Waals surface area contributed by atoms with Crippen molar-refractivity contribution in [3.63, 3.8) is 0 Å². The summed E-state index contributed by atoms with van der Waals surface area (Å²) >= 11 is 0. The summed E-state index contributed by atoms with van der Waals surface area (Å²) in [5.41, 5.74) is 0. The summed E-state index contributed by atoms with van der Waals surface area (Å²) in [6.07, 6.45) is 28.4. The van der Waals surface area contributed by atoms with Crippen LogP contribution < -0.4 is 0 Å². The average Bonchev–Trinajstić information content (AvgIpc) is 3.10. The highest BCUT2D eigenvalue weighted by molar-refractivity contribution is 8.08. The topological polar surface area (TPSA) is 0 Å². The quantitative estimate of drug-likeness (QED) is 0.242. The molecule has 0 aromatic rings. The van der Waals surface area contributed by atoms with E-state index in [0.29, 0.717) is 0 Å². The minimum absolute atomic E-state index is 1.12. The first-order valence-electron chi connectivity index (χ1n) is 22.9. The van der Waals surface area contributed by atoms with E-state index in [1.165, 1.54) is 0 Å². The highest BCUT2D eigenvalue weighted by atomic mass is 30.1. The summed E-state index contributed by atoms with van der Waals surface area (Å²) in [6, 6.07) is 32.1. The zero-order valence-corrected chi connectivity index (χ0v) is 43.6. The molecular weight excluding hydrogens is 737 g/mol. The van der Waals surface area contributed by atoms with E-state index in [0.717, 1.165) is 0 Å². The third-order valence-electron chi connectivity index (χ3n) is 20.9. The van der Waals surface area contributed by atoms with E-state index in [1.54, 1.807) is 103 Å². The number of hydrogen-bond donors (Lipinski definition) is 0. The summed E-state index contributed by atoms with van der Waals surface area (Å²) < 4.78 is 0. The van der Waals surface area contributed by atoms with Crippen molar-refractivity contribution in [2.75, 3.05) is 0 Å². The maximum atomic E-state index is 3.07. The Balaban J connectivity index is 1.42. The molecule has 0 amide bonds. The van der Waals surface area contributed by atoms with Gasteiger partial charge >= 0.3 is 0 Å². The fourth-order valence-corrected chi connectivity index (χ4v) is 377. The number of fused-ring (bicyclic) bond motifs is 7. The van der Waals surface area contributed by atoms with Gasteiger partial charge in [0.1, 0.15) is 0 Å². The lowest BCUT2D eigenvalue weighted by atomic mass is 10.4. The molecule has 8 aliphatic rings. The van der Waals surface area contributed by atoms with Crippen molar-refractivity contribution in [3.8, 4) is 0 Å². The first-order valence-corrected chi connectivity index (χ1v) is 58.2. The Morgan fingerprint density at radius 3 is 0.542 bits per heavy atom. The van der Waals surface area contributed by atoms with Gasteiger partial charge in [0.05, 0.1) is 0 Å². The minimum Gasteiger partial charge on any atom is -0.0717 e. The zero-order valence-electron chi connectivity index (χ0n) is 33.6. The summed E-state index contributed by atoms with van der Waals surface area (Å²) in [5.74, 6) is 0. The summed E-state index contributed by atoms with van der Waals surface area (Å²) in [6.45, 7) is 18.4. The average molecular weight is 820 g/mol. The largest absolute Gasteiger partial charge is 0.0717 e. The summed E-state index contributed by atoms with van der Waals surface area (Å²) in [5, 5.41) is 0. The second-order valence-corrected chi connectivity index (χ2v) is 124. The first-order chi connectivity index (χ1) is 22.9. The van der Waals surface area contributed by atoms with Crippen molar-refractivity contribution in [1.82, 2.24) is 0 Å². The second-order valence-electron chi connectivity index (χ2n) is 22.8. The summed E-state index contributed by atoms with van der Waals surface area (Å²) in [4.78, 5) is 0. The maximum absolute atomic E-state index is 3.07. The van der Waals surface area contributed by atoms with Crippen LogP contribution in [-0.4, -0.2) is 72.1 Å². The lowest BCUT2D eigenvalue weighted by Crippen LogP contribution is -3.02. The van der Waals surface area contributed by atoms with E-state index >= 15 is 0 Å². The van der Waals surface area contributed by atoms with E-state index in [4.69, 9.17) is 0 Å². The second kappa shape index (κ2) is 12.9. The van der Waals surface area contributed by atoms with E-state index in [-0.39, 0.29) is 0 Å². The molecule has 8 fully saturated rings. The SMILES string of the molecule is C[Si](C)(C)[Si]12CCCC[Si]1([Si]13CCCC[Si]1([Si]14CCCC[Si]1([Si]15CCCC[Si]1([Si](C)(C)C)CCCC5)CCCC4)CCCC3)CCCC2. The van der Waals surface area contributed by atoms with Crippen molar-refractivity contribution in [1.29, 1.82) is 0 Å². The molecule has 0 aromatic heterocycles. The van der Waals surface area contributed by atoms with E-state index in [9.17, 15) is 0 Å². The van der Waals surface area contributed by atoms with Crippen LogP contribution in [0.3, 0.4) is 0 Å². The molecule has 0 spiro atoms. The lowest BCUT2D eigenvalue weighted by molar-refractivity contribution is 0.743. The predicted molar refractivity (Wildman–Crippen MR) is 244 cm³/mol. The fraction of sp³-hybridized carbons (Fsp3) is 1.00. The molecule has 0 bridgehead atoms. The van der Waals surface area contributed by atoms with Crippen LogP contribution in [0.4, 0.5) is 0 Å². The molecule has 0 unspecified atom stereocenters. The molecule has 0 radical (unpaired) electrons. The highest BCUT2D eigenvalue weighted by Crippen LogP contribution is 2.69. The van der Waals surface area contributed by atoms with E-state index in [2.05, 4.69) is 63.5 Å². The van der Waals surface area contributed by atoms with E-state index < -0.39 is 72.1 Å². The molecule has 0 aliphatic carbocycles. The Hall–Kier alpha value is 2.17. The predicted octanol–water partition coefficient (Wildman–Crippen LogP) is 13.3. The van der Waals surface area contributed by atoms with Gasteiger partial charge in [-0.05, 0) is 0 Å². The van der Waals surface area contributed by atoms with Gasteiger partial charge in [-0.1, -0.05) is 239 Å². The minimum atomic E-state index is -1.26. The molecule has 0 nitrogen and oxygen atoms in total. The number of rotatable bonds is 5. The van der Waals surface area contributed by atoms with Crippen LogP contribution in [0, 0.1) is 0 Å². The molecule has 0 saturated carbocycles. The highest BCUT2D eigenvalue weighted by Gasteiger charge is 2.84. The van der Waals surface area contributed by atoms with Crippen molar-refractivity contribution in [3.05, 3.63) is 0 Å². The normalized spacial score (nSPS) is 50.4. The van der Waals surface area contributed by atoms with Crippen LogP contribution in [-0.2, 0) is 0 Å². The molecule has 0 N–H and O–H groups in total. The van der Waals surface area contributed by atoms with Gasteiger partial charge in [-0.2, -0.15) is 0 Å². The molecule has 10 heteroatoms. The fourth-order valence-electron chi connectivity index (χ4n) is 20.2. The Kier molecular flexibility index (Phi) is 9.95. The zero-order chi connectivity index (χ0) is 33.6. The smallest absolute Gasteiger partial charge is 0.0397 e. The van der Waals surface area contributed by atoms with Gasteiger partial charge in [0.15, 0.2) is 0 Å². The Labute approximate surface area is 308 Å². The molecular formula is C38H82Si10. The van der Waals surface area contributed by atoms with Crippen molar-refractivity contribution < 1.29 is 0 Å². The van der Waals surface area contributed by atoms with Gasteiger partial charge in [-0.15, -0.1) is 0 Å². The Morgan fingerprint density at radius 1 is 0.208 bits per heavy atom. The molecule has 8 saturated heterocycles. The van der Waals surface area contributed by atoms with Gasteiger partial charge in [0, 0.05) is 72.1 Å². The van der Waals surface area contributed by atoms with Crippen LogP contribution in [0.1, 0.15) is 103 Å². The van der Waals surface area contributed by atoms with Crippen molar-refractivity contribution in [2.45, 2.75) is 239 Å². The first kappa shape index (κ1) is 37.1. The molecule has 0 atom stereocenters. The van der Waals surface area contributed by atoms with E-state index in [1.807, 2.05) is 72.5 Å². The standard InChI is InChI=1S/C38H82Si10/c1-39(2,3)41-23-7-11-27-43(41,28-12-8-24-41)45-31-15-19-35-47(45,36-20-16-32-45)48-37-21-17-33-46(48,34-18-22-38-48)44-29-13-9-25-42(44,40(4,5)6)26-10-14-30-44/h7-38H2,1-6H3. The van der Waals surface area contributed by atoms with Gasteiger partial charge in [-0.25, -0.2) is 0 Å². The lowest BCUT2D eigenvalue weighted by Gasteiger charge is -2.80. The monoisotopic (exact) mass is 818 g/mol. The molecule has 8 aliphatic heterocycles. The van der Waals surface area contributed by atoms with Crippen LogP contribution in [0.15, 0.2) is 0 Å². The molecule has 8 heterocycles. The maximum Gasteiger partial charge on any atom is 0.0397 e. The number of hydrogen-bond acceptors (Lipinski definition) is 0. The van der Waals surface area contributed by atoms with Gasteiger partial charge in [-0.3, -0.25) is 0 Å². The van der Waals surface area contributed by atoms with Gasteiger partial charge in [0.2, 0.25) is 0 Å². The molecule has 48 heavy (non-hydrogen) atoms. The third kappa shape index (κ3) is 4.45. The Bertz CT molecular complexity index is 1060. The van der Waals surface area contributed by atoms with Gasteiger partial charge in [0.25, 0.3) is 0 Å². The summed E-state index contributed by atoms with van der Waals surface area (Å²) in [7, 11) is -11.9. The van der Waals surface area contributed by atoms with Crippen LogP contribution in [0.2, 0.25) is 136 Å². The third-order valence-corrected chi connectivity index (χ3v) is 228. The van der Waals surface area contributed by atoms with Gasteiger partial charge < -0.3 is 0 Å². The van der Waals surface area contributed by atoms with Crippen molar-refractivity contribution >= 4 is 72.1 Å². The van der Waals surface area contributed by atoms with Crippen LogP contribution >= 0.6 is 0 Å². The Morgan fingerprint density at radius 2 is 0.354 bits per heavy atom. The molecule has 8 rings (SSSR count). The van der Waals surface area contributed by atoms with Crippen molar-refractivity contribution in [2.24, 2.45) is 0 Å². The van der Waals surface area contributed by atoms with Crippen LogP contribution in [0.25, 0.3) is 0 Å². The molecule has 0 aromatic carbocycles. The molecule has 274 valence electrons. The van der Waals surface area contributed by atoms with Crippen LogP contribution in [0.5, 0.6) is 0 Å².